The van der Waals surface area contributed by atoms with Crippen molar-refractivity contribution in [3.63, 3.8) is 0 Å². The number of nitrogens with one attached hydrogen (secondary N) is 1. The second kappa shape index (κ2) is 5.13. The number of nitrogens with two attached hydrogens (primary N) is 1. The zero-order valence-corrected chi connectivity index (χ0v) is 11.8. The number of rotatable bonds is 6. The van der Waals surface area contributed by atoms with Crippen LogP contribution in [0.15, 0.2) is 5.16 Å². The summed E-state index contributed by atoms with van der Waals surface area (Å²) in [4.78, 5) is 11.7. The van der Waals surface area contributed by atoms with Gasteiger partial charge in [-0.15, -0.1) is 10.2 Å². The van der Waals surface area contributed by atoms with Crippen LogP contribution in [0.4, 0.5) is 0 Å². The topological polar surface area (TPSA) is 85.8 Å². The lowest BCUT2D eigenvalue weighted by Crippen LogP contribution is -2.37. The lowest BCUT2D eigenvalue weighted by atomic mass is 10.3. The summed E-state index contributed by atoms with van der Waals surface area (Å²) in [6.07, 6.45) is 5.56. The van der Waals surface area contributed by atoms with E-state index < -0.39 is 0 Å². The minimum Gasteiger partial charge on any atom is -0.303 e. The van der Waals surface area contributed by atoms with E-state index in [1.807, 2.05) is 6.92 Å². The largest absolute Gasteiger partial charge is 0.303 e. The van der Waals surface area contributed by atoms with Gasteiger partial charge in [0, 0.05) is 12.0 Å². The summed E-state index contributed by atoms with van der Waals surface area (Å²) < 4.78 is 2.26. The lowest BCUT2D eigenvalue weighted by Gasteiger charge is -2.13. The Hall–Kier alpha value is -1.08. The molecule has 2 saturated carbocycles. The third-order valence-electron chi connectivity index (χ3n) is 3.60. The van der Waals surface area contributed by atoms with Crippen LogP contribution in [0.2, 0.25) is 0 Å². The van der Waals surface area contributed by atoms with E-state index in [9.17, 15) is 4.79 Å². The molecular weight excluding hydrogens is 262 g/mol. The molecule has 3 rings (SSSR count). The summed E-state index contributed by atoms with van der Waals surface area (Å²) in [5.74, 6) is 6.78. The molecule has 1 unspecified atom stereocenters. The predicted octanol–water partition coefficient (Wildman–Crippen LogP) is 1.35. The van der Waals surface area contributed by atoms with E-state index in [1.165, 1.54) is 37.4 Å². The highest BCUT2D eigenvalue weighted by Gasteiger charge is 2.37. The van der Waals surface area contributed by atoms with Crippen molar-refractivity contribution < 1.29 is 4.79 Å². The number of aromatic nitrogens is 3. The van der Waals surface area contributed by atoms with E-state index in [0.29, 0.717) is 12.0 Å². The summed E-state index contributed by atoms with van der Waals surface area (Å²) >= 11 is 1.48. The van der Waals surface area contributed by atoms with Gasteiger partial charge in [0.15, 0.2) is 5.16 Å². The third-order valence-corrected chi connectivity index (χ3v) is 4.92. The van der Waals surface area contributed by atoms with E-state index in [-0.39, 0.29) is 11.2 Å². The zero-order chi connectivity index (χ0) is 13.4. The average Bonchev–Trinajstić information content (AvgIpc) is 3.33. The molecule has 1 atom stereocenters. The molecule has 7 heteroatoms. The molecule has 19 heavy (non-hydrogen) atoms. The van der Waals surface area contributed by atoms with Crippen LogP contribution >= 0.6 is 11.8 Å². The second-order valence-electron chi connectivity index (χ2n) is 5.24. The second-order valence-corrected chi connectivity index (χ2v) is 6.41. The molecule has 1 heterocycles. The van der Waals surface area contributed by atoms with Gasteiger partial charge in [-0.2, -0.15) is 0 Å². The van der Waals surface area contributed by atoms with Gasteiger partial charge in [-0.25, -0.2) is 5.84 Å². The number of nitrogens with zero attached hydrogens (tertiary/aromatic N) is 3. The molecule has 6 nitrogen and oxygen atoms in total. The van der Waals surface area contributed by atoms with Gasteiger partial charge >= 0.3 is 0 Å². The maximum atomic E-state index is 11.7. The SMILES string of the molecule is CCC(Sc1nnc(C2CC2)n1C1CC1)C(=O)NN. The Labute approximate surface area is 116 Å². The van der Waals surface area contributed by atoms with Crippen molar-refractivity contribution >= 4 is 17.7 Å². The fourth-order valence-corrected chi connectivity index (χ4v) is 3.25. The van der Waals surface area contributed by atoms with Crippen LogP contribution in [0.3, 0.4) is 0 Å². The molecule has 0 saturated heterocycles. The molecule has 0 aromatic carbocycles. The number of thioether (sulfide) groups is 1. The fourth-order valence-electron chi connectivity index (χ4n) is 2.21. The van der Waals surface area contributed by atoms with Crippen LogP contribution < -0.4 is 11.3 Å². The molecule has 0 spiro atoms. The third kappa shape index (κ3) is 2.62. The zero-order valence-electron chi connectivity index (χ0n) is 11.0. The molecule has 2 aliphatic carbocycles. The highest BCUT2D eigenvalue weighted by atomic mass is 32.2. The Balaban J connectivity index is 1.81. The molecule has 2 aliphatic rings. The van der Waals surface area contributed by atoms with Gasteiger partial charge in [0.1, 0.15) is 5.82 Å². The van der Waals surface area contributed by atoms with Gasteiger partial charge < -0.3 is 4.57 Å². The van der Waals surface area contributed by atoms with Gasteiger partial charge in [0.2, 0.25) is 5.91 Å². The summed E-state index contributed by atoms with van der Waals surface area (Å²) in [6, 6.07) is 0.548. The first-order valence-electron chi connectivity index (χ1n) is 6.86. The van der Waals surface area contributed by atoms with Gasteiger partial charge in [0.05, 0.1) is 5.25 Å². The van der Waals surface area contributed by atoms with Crippen LogP contribution in [-0.2, 0) is 4.79 Å². The van der Waals surface area contributed by atoms with Crippen molar-refractivity contribution in [1.29, 1.82) is 0 Å². The standard InChI is InChI=1S/C12H19N5OS/c1-2-9(11(18)14-13)19-12-16-15-10(7-3-4-7)17(12)8-5-6-8/h7-9H,2-6,13H2,1H3,(H,14,18). The van der Waals surface area contributed by atoms with Crippen molar-refractivity contribution in [2.75, 3.05) is 0 Å². The minimum absolute atomic E-state index is 0.147. The highest BCUT2D eigenvalue weighted by molar-refractivity contribution is 8.00. The number of carbonyl (C=O) groups is 1. The number of carbonyl (C=O) groups excluding carboxylic acids is 1. The predicted molar refractivity (Wildman–Crippen MR) is 72.5 cm³/mol. The van der Waals surface area contributed by atoms with Crippen molar-refractivity contribution in [2.24, 2.45) is 5.84 Å². The molecule has 1 amide bonds. The Kier molecular flexibility index (Phi) is 3.49. The Morgan fingerprint density at radius 2 is 2.21 bits per heavy atom. The molecule has 104 valence electrons. The lowest BCUT2D eigenvalue weighted by molar-refractivity contribution is -0.120. The molecule has 0 radical (unpaired) electrons. The number of hydrazine groups is 1. The summed E-state index contributed by atoms with van der Waals surface area (Å²) in [5, 5.41) is 9.32. The minimum atomic E-state index is -0.196. The summed E-state index contributed by atoms with van der Waals surface area (Å²) in [6.45, 7) is 1.98. The first-order chi connectivity index (χ1) is 9.24. The smallest absolute Gasteiger partial charge is 0.247 e. The van der Waals surface area contributed by atoms with Gasteiger partial charge in [0.25, 0.3) is 0 Å². The Morgan fingerprint density at radius 3 is 2.74 bits per heavy atom. The van der Waals surface area contributed by atoms with E-state index in [1.54, 1.807) is 0 Å². The van der Waals surface area contributed by atoms with Crippen LogP contribution in [-0.4, -0.2) is 25.9 Å². The number of amides is 1. The average molecular weight is 281 g/mol. The molecular formula is C12H19N5OS. The van der Waals surface area contributed by atoms with E-state index >= 15 is 0 Å². The van der Waals surface area contributed by atoms with Crippen LogP contribution in [0.25, 0.3) is 0 Å². The molecule has 2 fully saturated rings. The van der Waals surface area contributed by atoms with Crippen LogP contribution in [0, 0.1) is 0 Å². The van der Waals surface area contributed by atoms with Crippen molar-refractivity contribution in [1.82, 2.24) is 20.2 Å². The molecule has 0 aliphatic heterocycles. The molecule has 0 bridgehead atoms. The van der Waals surface area contributed by atoms with E-state index in [0.717, 1.165) is 17.4 Å². The molecule has 1 aromatic rings. The van der Waals surface area contributed by atoms with Gasteiger partial charge in [-0.1, -0.05) is 18.7 Å². The molecule has 3 N–H and O–H groups in total. The maximum absolute atomic E-state index is 11.7. The van der Waals surface area contributed by atoms with Crippen molar-refractivity contribution in [2.45, 2.75) is 61.4 Å². The molecule has 1 aromatic heterocycles. The summed E-state index contributed by atoms with van der Waals surface area (Å²) in [7, 11) is 0. The Morgan fingerprint density at radius 1 is 1.47 bits per heavy atom. The van der Waals surface area contributed by atoms with E-state index in [4.69, 9.17) is 5.84 Å². The highest BCUT2D eigenvalue weighted by Crippen LogP contribution is 2.46. The van der Waals surface area contributed by atoms with E-state index in [2.05, 4.69) is 20.2 Å². The maximum Gasteiger partial charge on any atom is 0.247 e. The van der Waals surface area contributed by atoms with Crippen molar-refractivity contribution in [3.8, 4) is 0 Å². The quantitative estimate of drug-likeness (QED) is 0.356. The normalized spacial score (nSPS) is 20.3. The monoisotopic (exact) mass is 281 g/mol. The number of hydrogen-bond acceptors (Lipinski definition) is 5. The van der Waals surface area contributed by atoms with Crippen LogP contribution in [0.5, 0.6) is 0 Å². The van der Waals surface area contributed by atoms with Gasteiger partial charge in [-0.3, -0.25) is 10.2 Å². The van der Waals surface area contributed by atoms with Gasteiger partial charge in [-0.05, 0) is 32.1 Å². The first kappa shape index (κ1) is 12.9. The fraction of sp³-hybridized carbons (Fsp3) is 0.750. The first-order valence-corrected chi connectivity index (χ1v) is 7.74. The van der Waals surface area contributed by atoms with Crippen LogP contribution in [0.1, 0.15) is 56.8 Å². The number of hydrogen-bond donors (Lipinski definition) is 2. The van der Waals surface area contributed by atoms with Crippen molar-refractivity contribution in [3.05, 3.63) is 5.82 Å². The Bertz CT molecular complexity index is 480. The summed E-state index contributed by atoms with van der Waals surface area (Å²) in [5.41, 5.74) is 2.23.